The summed E-state index contributed by atoms with van der Waals surface area (Å²) in [5.74, 6) is 0.297. The van der Waals surface area contributed by atoms with Gasteiger partial charge in [-0.15, -0.1) is 12.4 Å². The minimum absolute atomic E-state index is 0. The van der Waals surface area contributed by atoms with Crippen LogP contribution >= 0.6 is 12.4 Å². The molecular formula is C20H26ClFN4O. The average molecular weight is 393 g/mol. The predicted molar refractivity (Wildman–Crippen MR) is 104 cm³/mol. The third-order valence-electron chi connectivity index (χ3n) is 5.85. The quantitative estimate of drug-likeness (QED) is 0.822. The lowest BCUT2D eigenvalue weighted by molar-refractivity contribution is -0.126. The topological polar surface area (TPSA) is 59.0 Å². The molecule has 3 atom stereocenters. The maximum atomic E-state index is 13.3. The van der Waals surface area contributed by atoms with E-state index in [1.807, 2.05) is 19.4 Å². The molecule has 1 amide bonds. The number of carbonyl (C=O) groups excluding carboxylic acids is 1. The van der Waals surface area contributed by atoms with Gasteiger partial charge in [0.15, 0.2) is 0 Å². The van der Waals surface area contributed by atoms with Crippen LogP contribution in [-0.4, -0.2) is 28.8 Å². The maximum Gasteiger partial charge on any atom is 0.225 e. The normalized spacial score (nSPS) is 23.3. The largest absolute Gasteiger partial charge is 0.349 e. The molecule has 1 aliphatic heterocycles. The van der Waals surface area contributed by atoms with E-state index in [1.165, 1.54) is 18.6 Å². The Balaban J connectivity index is 0.00000210. The molecule has 1 aliphatic carbocycles. The molecular weight excluding hydrogens is 367 g/mol. The first-order valence-electron chi connectivity index (χ1n) is 9.37. The van der Waals surface area contributed by atoms with Crippen LogP contribution in [0.25, 0.3) is 0 Å². The van der Waals surface area contributed by atoms with Gasteiger partial charge in [-0.3, -0.25) is 9.48 Å². The van der Waals surface area contributed by atoms with E-state index in [1.54, 1.807) is 16.8 Å². The van der Waals surface area contributed by atoms with Crippen molar-refractivity contribution < 1.29 is 9.18 Å². The number of aromatic nitrogens is 2. The molecule has 2 aromatic rings. The minimum Gasteiger partial charge on any atom is -0.349 e. The fraction of sp³-hybridized carbons (Fsp3) is 0.500. The van der Waals surface area contributed by atoms with Crippen molar-refractivity contribution in [2.45, 2.75) is 31.2 Å². The molecule has 0 spiro atoms. The number of benzene rings is 1. The summed E-state index contributed by atoms with van der Waals surface area (Å²) < 4.78 is 15.1. The molecule has 146 valence electrons. The predicted octanol–water partition coefficient (Wildman–Crippen LogP) is 2.94. The first-order chi connectivity index (χ1) is 12.6. The Bertz CT molecular complexity index is 775. The summed E-state index contributed by atoms with van der Waals surface area (Å²) in [6.45, 7) is 1.46. The van der Waals surface area contributed by atoms with Crippen molar-refractivity contribution in [2.24, 2.45) is 18.9 Å². The van der Waals surface area contributed by atoms with Crippen LogP contribution < -0.4 is 10.6 Å². The summed E-state index contributed by atoms with van der Waals surface area (Å²) in [4.78, 5) is 13.1. The molecule has 27 heavy (non-hydrogen) atoms. The van der Waals surface area contributed by atoms with Gasteiger partial charge < -0.3 is 10.6 Å². The molecule has 2 N–H and O–H groups in total. The minimum atomic E-state index is -0.246. The van der Waals surface area contributed by atoms with Crippen LogP contribution in [0, 0.1) is 17.7 Å². The Morgan fingerprint density at radius 2 is 2.04 bits per heavy atom. The highest BCUT2D eigenvalue weighted by Gasteiger charge is 2.37. The molecule has 2 fully saturated rings. The van der Waals surface area contributed by atoms with Crippen LogP contribution in [-0.2, 0) is 11.8 Å². The molecule has 4 rings (SSSR count). The van der Waals surface area contributed by atoms with Gasteiger partial charge in [-0.25, -0.2) is 4.39 Å². The highest BCUT2D eigenvalue weighted by Crippen LogP contribution is 2.38. The van der Waals surface area contributed by atoms with Crippen LogP contribution in [0.1, 0.15) is 42.3 Å². The molecule has 1 saturated heterocycles. The SMILES string of the molecule is Cl.Cn1cc([C@H]2CNC[C@@H]2C(=O)NC(c2ccc(F)cc2)C2CCC2)cn1. The number of carbonyl (C=O) groups is 1. The lowest BCUT2D eigenvalue weighted by Gasteiger charge is -2.35. The Labute approximate surface area is 165 Å². The van der Waals surface area contributed by atoms with E-state index in [9.17, 15) is 9.18 Å². The van der Waals surface area contributed by atoms with Gasteiger partial charge in [0, 0.05) is 32.3 Å². The van der Waals surface area contributed by atoms with Crippen LogP contribution in [0.3, 0.4) is 0 Å². The van der Waals surface area contributed by atoms with E-state index in [0.29, 0.717) is 12.5 Å². The molecule has 2 heterocycles. The molecule has 0 radical (unpaired) electrons. The van der Waals surface area contributed by atoms with Crippen molar-refractivity contribution in [3.8, 4) is 0 Å². The summed E-state index contributed by atoms with van der Waals surface area (Å²) in [5, 5.41) is 10.9. The molecule has 7 heteroatoms. The zero-order chi connectivity index (χ0) is 18.1. The molecule has 1 unspecified atom stereocenters. The summed E-state index contributed by atoms with van der Waals surface area (Å²) in [6, 6.07) is 6.51. The summed E-state index contributed by atoms with van der Waals surface area (Å²) >= 11 is 0. The molecule has 1 aromatic carbocycles. The highest BCUT2D eigenvalue weighted by molar-refractivity contribution is 5.85. The second kappa shape index (κ2) is 8.40. The van der Waals surface area contributed by atoms with Crippen molar-refractivity contribution >= 4 is 18.3 Å². The smallest absolute Gasteiger partial charge is 0.225 e. The van der Waals surface area contributed by atoms with Gasteiger partial charge in [0.2, 0.25) is 5.91 Å². The lowest BCUT2D eigenvalue weighted by atomic mass is 9.76. The standard InChI is InChI=1S/C20H25FN4O.ClH/c1-25-12-15(9-23-25)17-10-22-11-18(17)20(26)24-19(13-3-2-4-13)14-5-7-16(21)8-6-14;/h5-9,12-13,17-19,22H,2-4,10-11H2,1H3,(H,24,26);1H/t17-,18+,19?;/m1./s1. The van der Waals surface area contributed by atoms with Gasteiger partial charge >= 0.3 is 0 Å². The van der Waals surface area contributed by atoms with E-state index in [-0.39, 0.29) is 42.0 Å². The summed E-state index contributed by atoms with van der Waals surface area (Å²) in [5.41, 5.74) is 2.09. The number of hydrogen-bond donors (Lipinski definition) is 2. The van der Waals surface area contributed by atoms with Crippen molar-refractivity contribution in [3.05, 3.63) is 53.6 Å². The molecule has 1 aromatic heterocycles. The number of nitrogens with one attached hydrogen (secondary N) is 2. The van der Waals surface area contributed by atoms with Crippen molar-refractivity contribution in [1.29, 1.82) is 0 Å². The van der Waals surface area contributed by atoms with Gasteiger partial charge in [-0.05, 0) is 42.0 Å². The second-order valence-electron chi connectivity index (χ2n) is 7.55. The molecule has 0 bridgehead atoms. The highest BCUT2D eigenvalue weighted by atomic mass is 35.5. The fourth-order valence-corrected chi connectivity index (χ4v) is 4.11. The van der Waals surface area contributed by atoms with E-state index in [4.69, 9.17) is 0 Å². The first-order valence-corrected chi connectivity index (χ1v) is 9.37. The maximum absolute atomic E-state index is 13.3. The molecule has 2 aliphatic rings. The molecule has 5 nitrogen and oxygen atoms in total. The third kappa shape index (κ3) is 4.17. The van der Waals surface area contributed by atoms with E-state index in [0.717, 1.165) is 30.5 Å². The van der Waals surface area contributed by atoms with Crippen LogP contribution in [0.2, 0.25) is 0 Å². The van der Waals surface area contributed by atoms with Crippen LogP contribution in [0.15, 0.2) is 36.7 Å². The summed E-state index contributed by atoms with van der Waals surface area (Å²) in [7, 11) is 1.89. The van der Waals surface area contributed by atoms with E-state index >= 15 is 0 Å². The lowest BCUT2D eigenvalue weighted by Crippen LogP contribution is -2.41. The van der Waals surface area contributed by atoms with E-state index < -0.39 is 0 Å². The number of aryl methyl sites for hydroxylation is 1. The Kier molecular flexibility index (Phi) is 6.17. The monoisotopic (exact) mass is 392 g/mol. The number of amides is 1. The number of halogens is 2. The molecule has 1 saturated carbocycles. The van der Waals surface area contributed by atoms with Gasteiger partial charge in [-0.2, -0.15) is 5.10 Å². The van der Waals surface area contributed by atoms with Crippen LogP contribution in [0.5, 0.6) is 0 Å². The zero-order valence-corrected chi connectivity index (χ0v) is 16.2. The number of nitrogens with zero attached hydrogens (tertiary/aromatic N) is 2. The van der Waals surface area contributed by atoms with Crippen molar-refractivity contribution in [3.63, 3.8) is 0 Å². The number of hydrogen-bond acceptors (Lipinski definition) is 3. The Hall–Kier alpha value is -1.92. The van der Waals surface area contributed by atoms with Crippen LogP contribution in [0.4, 0.5) is 4.39 Å². The van der Waals surface area contributed by atoms with Crippen molar-refractivity contribution in [2.75, 3.05) is 13.1 Å². The fourth-order valence-electron chi connectivity index (χ4n) is 4.11. The van der Waals surface area contributed by atoms with Gasteiger partial charge in [0.25, 0.3) is 0 Å². The summed E-state index contributed by atoms with van der Waals surface area (Å²) in [6.07, 6.45) is 7.25. The Morgan fingerprint density at radius 3 is 2.63 bits per heavy atom. The van der Waals surface area contributed by atoms with Crippen molar-refractivity contribution in [1.82, 2.24) is 20.4 Å². The Morgan fingerprint density at radius 1 is 1.30 bits per heavy atom. The second-order valence-corrected chi connectivity index (χ2v) is 7.55. The van der Waals surface area contributed by atoms with Gasteiger partial charge in [0.05, 0.1) is 18.2 Å². The van der Waals surface area contributed by atoms with Gasteiger partial charge in [0.1, 0.15) is 5.82 Å². The van der Waals surface area contributed by atoms with E-state index in [2.05, 4.69) is 15.7 Å². The number of rotatable bonds is 5. The van der Waals surface area contributed by atoms with Gasteiger partial charge in [-0.1, -0.05) is 18.6 Å². The zero-order valence-electron chi connectivity index (χ0n) is 15.4. The first kappa shape index (κ1) is 19.8. The third-order valence-corrected chi connectivity index (χ3v) is 5.85. The average Bonchev–Trinajstić information content (AvgIpc) is 3.22.